The predicted octanol–water partition coefficient (Wildman–Crippen LogP) is 17.9. The third-order valence-electron chi connectivity index (χ3n) is 14.9. The van der Waals surface area contributed by atoms with Crippen molar-refractivity contribution in [2.24, 2.45) is 0 Å². The van der Waals surface area contributed by atoms with Crippen LogP contribution < -0.4 is 0 Å². The van der Waals surface area contributed by atoms with Crippen LogP contribution in [0.15, 0.2) is 212 Å². The molecule has 0 N–H and O–H groups in total. The number of fused-ring (bicyclic) bond motifs is 6. The predicted molar refractivity (Wildman–Crippen MR) is 310 cm³/mol. The Morgan fingerprint density at radius 3 is 1.32 bits per heavy atom. The van der Waals surface area contributed by atoms with Crippen molar-refractivity contribution in [2.45, 2.75) is 41.5 Å². The van der Waals surface area contributed by atoms with Crippen molar-refractivity contribution in [1.29, 1.82) is 0 Å². The highest BCUT2D eigenvalue weighted by Crippen LogP contribution is 2.44. The lowest BCUT2D eigenvalue weighted by atomic mass is 9.92. The van der Waals surface area contributed by atoms with Crippen LogP contribution in [0.25, 0.3) is 123 Å². The molecule has 354 valence electrons. The molecule has 0 aliphatic heterocycles. The Bertz CT molecular complexity index is 4130. The topological polar surface area (TPSA) is 48.5 Å². The Labute approximate surface area is 431 Å². The molecule has 3 aromatic heterocycles. The first-order valence-corrected chi connectivity index (χ1v) is 25.5. The van der Waals surface area contributed by atoms with Crippen LogP contribution in [-0.2, 0) is 0 Å². The molecule has 3 heterocycles. The average Bonchev–Trinajstić information content (AvgIpc) is 3.94. The minimum Gasteiger partial charge on any atom is -0.309 e. The lowest BCUT2D eigenvalue weighted by Crippen LogP contribution is -2.04. The highest BCUT2D eigenvalue weighted by molar-refractivity contribution is 6.16. The van der Waals surface area contributed by atoms with Gasteiger partial charge in [-0.2, -0.15) is 0 Å². The number of nitrogens with zero attached hydrogens (tertiary/aromatic N) is 5. The van der Waals surface area contributed by atoms with Crippen LogP contribution in [0.2, 0.25) is 0 Å². The highest BCUT2D eigenvalue weighted by atomic mass is 15.1. The number of hydrogen-bond donors (Lipinski definition) is 0. The normalized spacial score (nSPS) is 11.6. The fourth-order valence-corrected chi connectivity index (χ4v) is 12.0. The minimum absolute atomic E-state index is 0.589. The summed E-state index contributed by atoms with van der Waals surface area (Å²) < 4.78 is 4.86. The molecule has 5 nitrogen and oxygen atoms in total. The second-order valence-corrected chi connectivity index (χ2v) is 20.0. The van der Waals surface area contributed by atoms with E-state index in [1.165, 1.54) is 77.2 Å². The van der Waals surface area contributed by atoms with E-state index in [1.54, 1.807) is 0 Å². The standard InChI is InChI=1S/C69H53N5/c1-42-35-44(3)64(45(4)36-42)51-29-32-55-56-33-30-52(65-46(5)37-43(2)38-47(65)6)41-63(56)74(62(55)40-51)60-34-31-50(54-26-18-28-61-66(54)57-25-16-17-27-59(57)73(61)53-23-14-9-15-24-53)39-58(60)69-71-67(48-19-10-7-11-20-48)70-68(72-69)49-21-12-8-13-22-49/h7-41H,1-6H3. The van der Waals surface area contributed by atoms with Crippen LogP contribution in [0.3, 0.4) is 0 Å². The third-order valence-corrected chi connectivity index (χ3v) is 14.9. The molecule has 0 saturated carbocycles. The van der Waals surface area contributed by atoms with E-state index in [-0.39, 0.29) is 0 Å². The summed E-state index contributed by atoms with van der Waals surface area (Å²) in [6.45, 7) is 13.3. The van der Waals surface area contributed by atoms with E-state index in [0.717, 1.165) is 61.3 Å². The summed E-state index contributed by atoms with van der Waals surface area (Å²) in [5, 5.41) is 4.73. The lowest BCUT2D eigenvalue weighted by Gasteiger charge is -2.18. The fourth-order valence-electron chi connectivity index (χ4n) is 12.0. The number of aryl methyl sites for hydroxylation is 6. The van der Waals surface area contributed by atoms with E-state index in [9.17, 15) is 0 Å². The van der Waals surface area contributed by atoms with Gasteiger partial charge in [0.05, 0.1) is 27.8 Å². The summed E-state index contributed by atoms with van der Waals surface area (Å²) in [7, 11) is 0. The lowest BCUT2D eigenvalue weighted by molar-refractivity contribution is 1.06. The zero-order valence-corrected chi connectivity index (χ0v) is 42.4. The highest BCUT2D eigenvalue weighted by Gasteiger charge is 2.24. The molecule has 10 aromatic carbocycles. The molecule has 0 aliphatic carbocycles. The molecule has 0 aliphatic rings. The van der Waals surface area contributed by atoms with E-state index in [4.69, 9.17) is 15.0 Å². The van der Waals surface area contributed by atoms with Crippen molar-refractivity contribution in [2.75, 3.05) is 0 Å². The van der Waals surface area contributed by atoms with Crippen LogP contribution in [0.4, 0.5) is 0 Å². The number of benzene rings is 10. The molecule has 0 bridgehead atoms. The summed E-state index contributed by atoms with van der Waals surface area (Å²) >= 11 is 0. The monoisotopic (exact) mass is 951 g/mol. The summed E-state index contributed by atoms with van der Waals surface area (Å²) in [5.41, 5.74) is 24.0. The zero-order chi connectivity index (χ0) is 50.2. The second kappa shape index (κ2) is 17.8. The molecule has 0 unspecified atom stereocenters. The first-order chi connectivity index (χ1) is 36.2. The maximum Gasteiger partial charge on any atom is 0.166 e. The fraction of sp³-hybridized carbons (Fsp3) is 0.0870. The van der Waals surface area contributed by atoms with Gasteiger partial charge in [0.25, 0.3) is 0 Å². The number of rotatable bonds is 8. The Kier molecular flexibility index (Phi) is 10.8. The molecule has 0 radical (unpaired) electrons. The van der Waals surface area contributed by atoms with Gasteiger partial charge in [0.2, 0.25) is 0 Å². The van der Waals surface area contributed by atoms with Crippen molar-refractivity contribution in [3.8, 4) is 78.9 Å². The van der Waals surface area contributed by atoms with Crippen LogP contribution in [0.5, 0.6) is 0 Å². The number of para-hydroxylation sites is 2. The smallest absolute Gasteiger partial charge is 0.166 e. The Hall–Kier alpha value is -9.19. The van der Waals surface area contributed by atoms with Crippen LogP contribution in [-0.4, -0.2) is 24.1 Å². The summed E-state index contributed by atoms with van der Waals surface area (Å²) in [6.07, 6.45) is 0. The molecule has 0 atom stereocenters. The van der Waals surface area contributed by atoms with Gasteiger partial charge in [0.15, 0.2) is 17.5 Å². The number of aromatic nitrogens is 5. The molecule has 13 aromatic rings. The van der Waals surface area contributed by atoms with Crippen molar-refractivity contribution in [3.05, 3.63) is 246 Å². The Morgan fingerprint density at radius 2 is 0.770 bits per heavy atom. The van der Waals surface area contributed by atoms with E-state index < -0.39 is 0 Å². The Morgan fingerprint density at radius 1 is 0.297 bits per heavy atom. The summed E-state index contributed by atoms with van der Waals surface area (Å²) in [5.74, 6) is 1.81. The summed E-state index contributed by atoms with van der Waals surface area (Å²) in [6, 6.07) is 76.8. The minimum atomic E-state index is 0.589. The molecular formula is C69H53N5. The maximum atomic E-state index is 5.47. The van der Waals surface area contributed by atoms with Crippen molar-refractivity contribution < 1.29 is 0 Å². The molecule has 0 spiro atoms. The van der Waals surface area contributed by atoms with E-state index in [1.807, 2.05) is 36.4 Å². The molecule has 0 saturated heterocycles. The van der Waals surface area contributed by atoms with Gasteiger partial charge in [-0.3, -0.25) is 0 Å². The van der Waals surface area contributed by atoms with E-state index >= 15 is 0 Å². The van der Waals surface area contributed by atoms with Gasteiger partial charge < -0.3 is 9.13 Å². The molecule has 74 heavy (non-hydrogen) atoms. The Balaban J connectivity index is 1.15. The SMILES string of the molecule is Cc1cc(C)c(-c2ccc3c4ccc(-c5c(C)cc(C)cc5C)cc4n(-c4ccc(-c5cccc6c5c5ccccc5n6-c5ccccc5)cc4-c4nc(-c5ccccc5)nc(-c5ccccc5)n4)c3c2)c(C)c1. The average molecular weight is 952 g/mol. The third kappa shape index (κ3) is 7.51. The molecule has 0 amide bonds. The molecular weight excluding hydrogens is 899 g/mol. The van der Waals surface area contributed by atoms with Crippen LogP contribution in [0.1, 0.15) is 33.4 Å². The largest absolute Gasteiger partial charge is 0.309 e. The van der Waals surface area contributed by atoms with Gasteiger partial charge in [0.1, 0.15) is 0 Å². The van der Waals surface area contributed by atoms with Crippen LogP contribution >= 0.6 is 0 Å². The van der Waals surface area contributed by atoms with Gasteiger partial charge in [-0.15, -0.1) is 0 Å². The number of hydrogen-bond acceptors (Lipinski definition) is 3. The second-order valence-electron chi connectivity index (χ2n) is 20.0. The van der Waals surface area contributed by atoms with Gasteiger partial charge in [0, 0.05) is 43.9 Å². The van der Waals surface area contributed by atoms with Gasteiger partial charge in [-0.25, -0.2) is 15.0 Å². The van der Waals surface area contributed by atoms with Crippen LogP contribution in [0, 0.1) is 41.5 Å². The first kappa shape index (κ1) is 44.7. The van der Waals surface area contributed by atoms with Crippen molar-refractivity contribution in [3.63, 3.8) is 0 Å². The van der Waals surface area contributed by atoms with Gasteiger partial charge >= 0.3 is 0 Å². The molecule has 13 rings (SSSR count). The molecule has 0 fully saturated rings. The van der Waals surface area contributed by atoms with Gasteiger partial charge in [-0.1, -0.05) is 175 Å². The maximum absolute atomic E-state index is 5.47. The van der Waals surface area contributed by atoms with E-state index in [2.05, 4.69) is 227 Å². The van der Waals surface area contributed by atoms with Gasteiger partial charge in [-0.05, 0) is 146 Å². The quantitative estimate of drug-likeness (QED) is 0.152. The summed E-state index contributed by atoms with van der Waals surface area (Å²) in [4.78, 5) is 16.1. The molecule has 5 heteroatoms. The van der Waals surface area contributed by atoms with E-state index in [0.29, 0.717) is 17.5 Å². The van der Waals surface area contributed by atoms with Crippen molar-refractivity contribution >= 4 is 43.6 Å². The first-order valence-electron chi connectivity index (χ1n) is 25.5. The van der Waals surface area contributed by atoms with Crippen molar-refractivity contribution in [1.82, 2.24) is 24.1 Å². The zero-order valence-electron chi connectivity index (χ0n) is 42.4.